The van der Waals surface area contributed by atoms with Crippen LogP contribution in [0, 0.1) is 5.92 Å². The van der Waals surface area contributed by atoms with Gasteiger partial charge < -0.3 is 14.8 Å². The zero-order chi connectivity index (χ0) is 10.7. The quantitative estimate of drug-likeness (QED) is 0.752. The lowest BCUT2D eigenvalue weighted by Crippen LogP contribution is -2.46. The third kappa shape index (κ3) is 3.44. The van der Waals surface area contributed by atoms with Gasteiger partial charge in [-0.2, -0.15) is 0 Å². The Morgan fingerprint density at radius 1 is 1.40 bits per heavy atom. The maximum absolute atomic E-state index is 5.55. The van der Waals surface area contributed by atoms with Crippen LogP contribution in [0.4, 0.5) is 0 Å². The average molecular weight is 213 g/mol. The van der Waals surface area contributed by atoms with E-state index in [2.05, 4.69) is 12.2 Å². The Hall–Kier alpha value is -0.120. The highest BCUT2D eigenvalue weighted by Gasteiger charge is 2.33. The van der Waals surface area contributed by atoms with E-state index in [1.54, 1.807) is 7.11 Å². The lowest BCUT2D eigenvalue weighted by Gasteiger charge is -2.31. The molecule has 1 saturated heterocycles. The normalized spacial score (nSPS) is 34.0. The summed E-state index contributed by atoms with van der Waals surface area (Å²) in [5.41, 5.74) is 0. The van der Waals surface area contributed by atoms with Crippen LogP contribution in [0.3, 0.4) is 0 Å². The molecule has 0 aromatic heterocycles. The minimum atomic E-state index is 0.415. The van der Waals surface area contributed by atoms with Gasteiger partial charge in [-0.15, -0.1) is 0 Å². The summed E-state index contributed by atoms with van der Waals surface area (Å²) < 4.78 is 10.8. The lowest BCUT2D eigenvalue weighted by molar-refractivity contribution is 0.00799. The van der Waals surface area contributed by atoms with E-state index in [0.29, 0.717) is 18.2 Å². The molecule has 1 N–H and O–H groups in total. The smallest absolute Gasteiger partial charge is 0.0618 e. The standard InChI is InChI=1S/C12H23NO2/c1-9-7-11(5-6-15-9)13-12(8-14-2)10-3-4-10/h9-13H,3-8H2,1-2H3. The van der Waals surface area contributed by atoms with Crippen molar-refractivity contribution in [2.45, 2.75) is 50.8 Å². The first kappa shape index (κ1) is 11.4. The first-order valence-electron chi connectivity index (χ1n) is 6.16. The Labute approximate surface area is 92.5 Å². The van der Waals surface area contributed by atoms with Crippen LogP contribution >= 0.6 is 0 Å². The fraction of sp³-hybridized carbons (Fsp3) is 1.00. The molecule has 1 aliphatic heterocycles. The molecule has 3 atom stereocenters. The molecule has 88 valence electrons. The highest BCUT2D eigenvalue weighted by atomic mass is 16.5. The molecule has 2 aliphatic rings. The number of hydrogen-bond acceptors (Lipinski definition) is 3. The summed E-state index contributed by atoms with van der Waals surface area (Å²) in [6.07, 6.45) is 5.46. The van der Waals surface area contributed by atoms with Gasteiger partial charge in [0.1, 0.15) is 0 Å². The topological polar surface area (TPSA) is 30.5 Å². The lowest BCUT2D eigenvalue weighted by atomic mass is 10.0. The van der Waals surface area contributed by atoms with Crippen molar-refractivity contribution in [2.75, 3.05) is 20.3 Å². The molecule has 3 nitrogen and oxygen atoms in total. The maximum atomic E-state index is 5.55. The van der Waals surface area contributed by atoms with E-state index in [-0.39, 0.29) is 0 Å². The van der Waals surface area contributed by atoms with Gasteiger partial charge >= 0.3 is 0 Å². The maximum Gasteiger partial charge on any atom is 0.0618 e. The molecule has 3 heteroatoms. The molecular weight excluding hydrogens is 190 g/mol. The van der Waals surface area contributed by atoms with Gasteiger partial charge in [0, 0.05) is 25.8 Å². The summed E-state index contributed by atoms with van der Waals surface area (Å²) >= 11 is 0. The van der Waals surface area contributed by atoms with Gasteiger partial charge in [0.05, 0.1) is 12.7 Å². The van der Waals surface area contributed by atoms with Gasteiger partial charge in [0.2, 0.25) is 0 Å². The number of hydrogen-bond donors (Lipinski definition) is 1. The van der Waals surface area contributed by atoms with E-state index in [4.69, 9.17) is 9.47 Å². The van der Waals surface area contributed by atoms with E-state index >= 15 is 0 Å². The largest absolute Gasteiger partial charge is 0.383 e. The van der Waals surface area contributed by atoms with Crippen molar-refractivity contribution in [3.63, 3.8) is 0 Å². The molecule has 0 spiro atoms. The Bertz CT molecular complexity index is 194. The zero-order valence-electron chi connectivity index (χ0n) is 9.87. The molecule has 2 rings (SSSR count). The van der Waals surface area contributed by atoms with Gasteiger partial charge in [-0.3, -0.25) is 0 Å². The average Bonchev–Trinajstić information content (AvgIpc) is 3.00. The van der Waals surface area contributed by atoms with E-state index in [1.165, 1.54) is 12.8 Å². The molecule has 1 saturated carbocycles. The van der Waals surface area contributed by atoms with Crippen molar-refractivity contribution < 1.29 is 9.47 Å². The summed E-state index contributed by atoms with van der Waals surface area (Å²) in [5.74, 6) is 0.864. The summed E-state index contributed by atoms with van der Waals surface area (Å²) in [6, 6.07) is 1.21. The SMILES string of the molecule is COCC(NC1CCOC(C)C1)C1CC1. The molecule has 0 bridgehead atoms. The van der Waals surface area contributed by atoms with Gasteiger partial charge in [0.15, 0.2) is 0 Å². The Kier molecular flexibility index (Phi) is 4.00. The first-order chi connectivity index (χ1) is 7.29. The van der Waals surface area contributed by atoms with Crippen LogP contribution in [0.1, 0.15) is 32.6 Å². The van der Waals surface area contributed by atoms with Crippen molar-refractivity contribution >= 4 is 0 Å². The molecule has 0 amide bonds. The second-order valence-electron chi connectivity index (χ2n) is 4.97. The summed E-state index contributed by atoms with van der Waals surface area (Å²) in [6.45, 7) is 3.93. The third-order valence-electron chi connectivity index (χ3n) is 3.47. The highest BCUT2D eigenvalue weighted by molar-refractivity contribution is 4.89. The van der Waals surface area contributed by atoms with Gasteiger partial charge in [-0.05, 0) is 38.5 Å². The van der Waals surface area contributed by atoms with Gasteiger partial charge in [0.25, 0.3) is 0 Å². The highest BCUT2D eigenvalue weighted by Crippen LogP contribution is 2.33. The summed E-state index contributed by atoms with van der Waals surface area (Å²) in [5, 5.41) is 3.74. The van der Waals surface area contributed by atoms with Gasteiger partial charge in [-0.25, -0.2) is 0 Å². The van der Waals surface area contributed by atoms with Crippen molar-refractivity contribution in [1.29, 1.82) is 0 Å². The van der Waals surface area contributed by atoms with Crippen LogP contribution in [-0.4, -0.2) is 38.5 Å². The van der Waals surface area contributed by atoms with E-state index in [9.17, 15) is 0 Å². The fourth-order valence-electron chi connectivity index (χ4n) is 2.45. The van der Waals surface area contributed by atoms with E-state index < -0.39 is 0 Å². The molecule has 15 heavy (non-hydrogen) atoms. The van der Waals surface area contributed by atoms with Crippen LogP contribution in [0.5, 0.6) is 0 Å². The second kappa shape index (κ2) is 5.28. The van der Waals surface area contributed by atoms with E-state index in [1.807, 2.05) is 0 Å². The zero-order valence-corrected chi connectivity index (χ0v) is 9.87. The van der Waals surface area contributed by atoms with Crippen LogP contribution in [0.25, 0.3) is 0 Å². The molecule has 1 heterocycles. The molecule has 1 aliphatic carbocycles. The van der Waals surface area contributed by atoms with Gasteiger partial charge in [-0.1, -0.05) is 0 Å². The first-order valence-corrected chi connectivity index (χ1v) is 6.16. The number of methoxy groups -OCH3 is 1. The molecule has 2 fully saturated rings. The predicted molar refractivity (Wildman–Crippen MR) is 60.0 cm³/mol. The number of rotatable bonds is 5. The minimum Gasteiger partial charge on any atom is -0.383 e. The molecule has 0 aromatic rings. The third-order valence-corrected chi connectivity index (χ3v) is 3.47. The monoisotopic (exact) mass is 213 g/mol. The van der Waals surface area contributed by atoms with Crippen molar-refractivity contribution in [3.8, 4) is 0 Å². The van der Waals surface area contributed by atoms with E-state index in [0.717, 1.165) is 32.0 Å². The van der Waals surface area contributed by atoms with Crippen molar-refractivity contribution in [2.24, 2.45) is 5.92 Å². The molecular formula is C12H23NO2. The molecule has 0 aromatic carbocycles. The predicted octanol–water partition coefficient (Wildman–Crippen LogP) is 1.57. The fourth-order valence-corrected chi connectivity index (χ4v) is 2.45. The van der Waals surface area contributed by atoms with Crippen LogP contribution in [-0.2, 0) is 9.47 Å². The molecule has 3 unspecified atom stereocenters. The number of nitrogens with one attached hydrogen (secondary N) is 1. The molecule has 0 radical (unpaired) electrons. The minimum absolute atomic E-state index is 0.415. The number of ether oxygens (including phenoxy) is 2. The Morgan fingerprint density at radius 3 is 2.80 bits per heavy atom. The van der Waals surface area contributed by atoms with Crippen LogP contribution in [0.15, 0.2) is 0 Å². The van der Waals surface area contributed by atoms with Crippen molar-refractivity contribution in [1.82, 2.24) is 5.32 Å². The summed E-state index contributed by atoms with van der Waals surface area (Å²) in [4.78, 5) is 0. The van der Waals surface area contributed by atoms with Crippen molar-refractivity contribution in [3.05, 3.63) is 0 Å². The summed E-state index contributed by atoms with van der Waals surface area (Å²) in [7, 11) is 1.80. The Morgan fingerprint density at radius 2 is 2.20 bits per heavy atom. The van der Waals surface area contributed by atoms with Crippen LogP contribution in [0.2, 0.25) is 0 Å². The van der Waals surface area contributed by atoms with Crippen LogP contribution < -0.4 is 5.32 Å². The Balaban J connectivity index is 1.77. The second-order valence-corrected chi connectivity index (χ2v) is 4.97.